The molecule has 2 aromatic rings. The molecule has 3 heterocycles. The zero-order chi connectivity index (χ0) is 17.1. The maximum atomic E-state index is 12.7. The van der Waals surface area contributed by atoms with Gasteiger partial charge in [0.15, 0.2) is 5.82 Å². The number of nitrogens with zero attached hydrogens (tertiary/aromatic N) is 4. The second-order valence-corrected chi connectivity index (χ2v) is 6.06. The number of likely N-dealkylation sites (tertiary alicyclic amines) is 1. The topological polar surface area (TPSA) is 94.5 Å². The summed E-state index contributed by atoms with van der Waals surface area (Å²) in [4.78, 5) is 18.7. The van der Waals surface area contributed by atoms with E-state index in [9.17, 15) is 4.79 Å². The summed E-state index contributed by atoms with van der Waals surface area (Å²) in [6.45, 7) is 7.13. The normalized spacial score (nSPS) is 18.1. The first-order chi connectivity index (χ1) is 11.5. The van der Waals surface area contributed by atoms with Crippen molar-refractivity contribution in [1.82, 2.24) is 20.2 Å². The fourth-order valence-electron chi connectivity index (χ4n) is 2.96. The zero-order valence-corrected chi connectivity index (χ0v) is 14.2. The molecule has 0 bridgehead atoms. The quantitative estimate of drug-likeness (QED) is 0.823. The van der Waals surface area contributed by atoms with Gasteiger partial charge >= 0.3 is 0 Å². The third kappa shape index (κ3) is 3.64. The molecule has 24 heavy (non-hydrogen) atoms. The summed E-state index contributed by atoms with van der Waals surface area (Å²) in [7, 11) is 0. The van der Waals surface area contributed by atoms with Gasteiger partial charge in [0.1, 0.15) is 11.3 Å². The van der Waals surface area contributed by atoms with E-state index in [0.29, 0.717) is 48.3 Å². The molecule has 8 nitrogen and oxygen atoms in total. The van der Waals surface area contributed by atoms with Crippen LogP contribution < -0.4 is 0 Å². The van der Waals surface area contributed by atoms with Gasteiger partial charge in [0.25, 0.3) is 5.91 Å². The molecule has 1 atom stereocenters. The third-order valence-electron chi connectivity index (χ3n) is 4.16. The van der Waals surface area contributed by atoms with E-state index < -0.39 is 0 Å². The molecular formula is C16H22N4O4. The van der Waals surface area contributed by atoms with Crippen molar-refractivity contribution in [1.29, 1.82) is 0 Å². The number of piperidine rings is 1. The lowest BCUT2D eigenvalue weighted by atomic mass is 10.1. The SMILES string of the molecule is Cc1nc(CCOC2CCCN(C(=O)c3c(C)noc3C)C2)no1. The van der Waals surface area contributed by atoms with Gasteiger partial charge in [-0.25, -0.2) is 0 Å². The Labute approximate surface area is 140 Å². The van der Waals surface area contributed by atoms with Gasteiger partial charge in [0.05, 0.1) is 18.4 Å². The first-order valence-electron chi connectivity index (χ1n) is 8.17. The summed E-state index contributed by atoms with van der Waals surface area (Å²) in [6, 6.07) is 0. The Bertz CT molecular complexity index is 689. The number of carbonyl (C=O) groups is 1. The summed E-state index contributed by atoms with van der Waals surface area (Å²) in [5.41, 5.74) is 1.20. The highest BCUT2D eigenvalue weighted by atomic mass is 16.5. The van der Waals surface area contributed by atoms with Gasteiger partial charge in [-0.2, -0.15) is 4.98 Å². The second kappa shape index (κ2) is 7.12. The van der Waals surface area contributed by atoms with E-state index in [2.05, 4.69) is 15.3 Å². The van der Waals surface area contributed by atoms with Gasteiger partial charge in [0, 0.05) is 26.4 Å². The Balaban J connectivity index is 1.53. The minimum Gasteiger partial charge on any atom is -0.376 e. The van der Waals surface area contributed by atoms with Crippen LogP contribution in [0, 0.1) is 20.8 Å². The standard InChI is InChI=1S/C16H22N4O4/c1-10-15(11(2)23-18-10)16(21)20-7-4-5-13(9-20)22-8-6-14-17-12(3)24-19-14/h13H,4-9H2,1-3H3. The molecule has 0 radical (unpaired) electrons. The first-order valence-corrected chi connectivity index (χ1v) is 8.17. The molecule has 0 spiro atoms. The monoisotopic (exact) mass is 334 g/mol. The number of hydrogen-bond donors (Lipinski definition) is 0. The molecule has 0 aliphatic carbocycles. The minimum atomic E-state index is -0.0339. The summed E-state index contributed by atoms with van der Waals surface area (Å²) in [5.74, 6) is 1.73. The Morgan fingerprint density at radius 3 is 2.79 bits per heavy atom. The molecular weight excluding hydrogens is 312 g/mol. The van der Waals surface area contributed by atoms with E-state index in [0.717, 1.165) is 19.4 Å². The number of ether oxygens (including phenoxy) is 1. The van der Waals surface area contributed by atoms with Crippen molar-refractivity contribution in [2.24, 2.45) is 0 Å². The lowest BCUT2D eigenvalue weighted by Gasteiger charge is -2.32. The van der Waals surface area contributed by atoms with Crippen LogP contribution in [-0.4, -0.2) is 51.9 Å². The lowest BCUT2D eigenvalue weighted by Crippen LogP contribution is -2.43. The van der Waals surface area contributed by atoms with E-state index in [1.54, 1.807) is 20.8 Å². The van der Waals surface area contributed by atoms with Crippen molar-refractivity contribution in [2.75, 3.05) is 19.7 Å². The van der Waals surface area contributed by atoms with E-state index in [4.69, 9.17) is 13.8 Å². The number of aryl methyl sites for hydroxylation is 3. The van der Waals surface area contributed by atoms with Crippen molar-refractivity contribution >= 4 is 5.91 Å². The van der Waals surface area contributed by atoms with E-state index >= 15 is 0 Å². The van der Waals surface area contributed by atoms with Crippen LogP contribution in [0.2, 0.25) is 0 Å². The van der Waals surface area contributed by atoms with Crippen LogP contribution in [0.5, 0.6) is 0 Å². The average molecular weight is 334 g/mol. The van der Waals surface area contributed by atoms with Crippen LogP contribution in [0.1, 0.15) is 46.4 Å². The van der Waals surface area contributed by atoms with Crippen LogP contribution in [0.15, 0.2) is 9.05 Å². The Morgan fingerprint density at radius 2 is 2.12 bits per heavy atom. The van der Waals surface area contributed by atoms with Gasteiger partial charge in [-0.05, 0) is 26.7 Å². The highest BCUT2D eigenvalue weighted by Crippen LogP contribution is 2.20. The fourth-order valence-corrected chi connectivity index (χ4v) is 2.96. The molecule has 130 valence electrons. The van der Waals surface area contributed by atoms with Gasteiger partial charge < -0.3 is 18.7 Å². The number of amides is 1. The van der Waals surface area contributed by atoms with Crippen molar-refractivity contribution in [3.05, 3.63) is 28.7 Å². The minimum absolute atomic E-state index is 0.0242. The highest BCUT2D eigenvalue weighted by Gasteiger charge is 2.28. The van der Waals surface area contributed by atoms with Gasteiger partial charge in [-0.1, -0.05) is 10.3 Å². The average Bonchev–Trinajstić information content (AvgIpc) is 3.13. The molecule has 2 aromatic heterocycles. The number of rotatable bonds is 5. The molecule has 0 aromatic carbocycles. The van der Waals surface area contributed by atoms with Crippen LogP contribution in [0.4, 0.5) is 0 Å². The Hall–Kier alpha value is -2.22. The maximum absolute atomic E-state index is 12.7. The fraction of sp³-hybridized carbons (Fsp3) is 0.625. The van der Waals surface area contributed by atoms with E-state index in [1.165, 1.54) is 0 Å². The van der Waals surface area contributed by atoms with Crippen molar-refractivity contribution in [2.45, 2.75) is 46.1 Å². The lowest BCUT2D eigenvalue weighted by molar-refractivity contribution is 0.00243. The van der Waals surface area contributed by atoms with E-state index in [-0.39, 0.29) is 12.0 Å². The predicted molar refractivity (Wildman–Crippen MR) is 83.6 cm³/mol. The molecule has 1 amide bonds. The molecule has 8 heteroatoms. The number of hydrogen-bond acceptors (Lipinski definition) is 7. The first kappa shape index (κ1) is 16.6. The van der Waals surface area contributed by atoms with Crippen molar-refractivity contribution < 1.29 is 18.6 Å². The van der Waals surface area contributed by atoms with Gasteiger partial charge in [-0.15, -0.1) is 0 Å². The summed E-state index contributed by atoms with van der Waals surface area (Å²) in [5, 5.41) is 7.71. The number of carbonyl (C=O) groups excluding carboxylic acids is 1. The maximum Gasteiger partial charge on any atom is 0.259 e. The molecule has 1 aliphatic rings. The largest absolute Gasteiger partial charge is 0.376 e. The summed E-state index contributed by atoms with van der Waals surface area (Å²) >= 11 is 0. The smallest absolute Gasteiger partial charge is 0.259 e. The summed E-state index contributed by atoms with van der Waals surface area (Å²) < 4.78 is 15.9. The second-order valence-electron chi connectivity index (χ2n) is 6.06. The molecule has 1 saturated heterocycles. The van der Waals surface area contributed by atoms with E-state index in [1.807, 2.05) is 4.90 Å². The summed E-state index contributed by atoms with van der Waals surface area (Å²) in [6.07, 6.45) is 2.49. The van der Waals surface area contributed by atoms with Crippen LogP contribution in [0.25, 0.3) is 0 Å². The Morgan fingerprint density at radius 1 is 1.29 bits per heavy atom. The molecule has 0 N–H and O–H groups in total. The Kier molecular flexibility index (Phi) is 4.94. The highest BCUT2D eigenvalue weighted by molar-refractivity contribution is 5.96. The molecule has 1 unspecified atom stereocenters. The number of aromatic nitrogens is 3. The van der Waals surface area contributed by atoms with Crippen molar-refractivity contribution in [3.8, 4) is 0 Å². The molecule has 1 aliphatic heterocycles. The predicted octanol–water partition coefficient (Wildman–Crippen LogP) is 1.85. The zero-order valence-electron chi connectivity index (χ0n) is 14.2. The molecule has 1 fully saturated rings. The van der Waals surface area contributed by atoms with Gasteiger partial charge in [-0.3, -0.25) is 4.79 Å². The molecule has 0 saturated carbocycles. The van der Waals surface area contributed by atoms with Crippen LogP contribution in [-0.2, 0) is 11.2 Å². The van der Waals surface area contributed by atoms with Crippen LogP contribution in [0.3, 0.4) is 0 Å². The third-order valence-corrected chi connectivity index (χ3v) is 4.16. The van der Waals surface area contributed by atoms with Crippen molar-refractivity contribution in [3.63, 3.8) is 0 Å². The van der Waals surface area contributed by atoms with Gasteiger partial charge in [0.2, 0.25) is 5.89 Å². The molecule has 3 rings (SSSR count). The van der Waals surface area contributed by atoms with Crippen LogP contribution >= 0.6 is 0 Å².